The van der Waals surface area contributed by atoms with Crippen LogP contribution < -0.4 is 10.9 Å². The van der Waals surface area contributed by atoms with Gasteiger partial charge in [0.15, 0.2) is 0 Å². The molecule has 2 N–H and O–H groups in total. The topological polar surface area (TPSA) is 64.9 Å². The number of amides is 1. The largest absolute Gasteiger partial charge is 0.286 e. The maximum Gasteiger partial charge on any atom is 0.265 e. The van der Waals surface area contributed by atoms with E-state index in [0.717, 1.165) is 5.56 Å². The van der Waals surface area contributed by atoms with Crippen molar-refractivity contribution in [3.05, 3.63) is 71.8 Å². The van der Waals surface area contributed by atoms with E-state index in [1.807, 2.05) is 36.4 Å². The van der Waals surface area contributed by atoms with Crippen LogP contribution in [-0.4, -0.2) is 5.91 Å². The van der Waals surface area contributed by atoms with Crippen molar-refractivity contribution in [3.8, 4) is 6.07 Å². The second kappa shape index (κ2) is 6.34. The molecule has 94 valence electrons. The standard InChI is InChI=1S/C15H13N3O/c16-11-14(12-7-3-1-4-8-12)17-18-15(19)13-9-5-2-6-10-13/h1-10,14,17H,(H,18,19). The van der Waals surface area contributed by atoms with Crippen LogP contribution in [0.3, 0.4) is 0 Å². The zero-order valence-corrected chi connectivity index (χ0v) is 10.2. The van der Waals surface area contributed by atoms with Crippen molar-refractivity contribution in [1.82, 2.24) is 10.9 Å². The number of rotatable bonds is 4. The molecule has 19 heavy (non-hydrogen) atoms. The molecular weight excluding hydrogens is 238 g/mol. The lowest BCUT2D eigenvalue weighted by atomic mass is 10.1. The Bertz CT molecular complexity index is 575. The van der Waals surface area contributed by atoms with Crippen LogP contribution in [-0.2, 0) is 0 Å². The number of carbonyl (C=O) groups is 1. The van der Waals surface area contributed by atoms with E-state index in [4.69, 9.17) is 5.26 Å². The summed E-state index contributed by atoms with van der Waals surface area (Å²) in [5, 5.41) is 9.10. The molecule has 1 atom stereocenters. The fourth-order valence-corrected chi connectivity index (χ4v) is 1.64. The average Bonchev–Trinajstić information content (AvgIpc) is 2.49. The Morgan fingerprint density at radius 2 is 1.58 bits per heavy atom. The molecule has 0 spiro atoms. The van der Waals surface area contributed by atoms with Crippen LogP contribution in [0.5, 0.6) is 0 Å². The number of benzene rings is 2. The predicted molar refractivity (Wildman–Crippen MR) is 71.8 cm³/mol. The fraction of sp³-hybridized carbons (Fsp3) is 0.0667. The lowest BCUT2D eigenvalue weighted by Crippen LogP contribution is -2.39. The van der Waals surface area contributed by atoms with Gasteiger partial charge < -0.3 is 0 Å². The summed E-state index contributed by atoms with van der Waals surface area (Å²) < 4.78 is 0. The highest BCUT2D eigenvalue weighted by Crippen LogP contribution is 2.10. The van der Waals surface area contributed by atoms with E-state index in [2.05, 4.69) is 16.9 Å². The molecule has 0 aromatic heterocycles. The van der Waals surface area contributed by atoms with Gasteiger partial charge >= 0.3 is 0 Å². The molecular formula is C15H13N3O. The highest BCUT2D eigenvalue weighted by molar-refractivity contribution is 5.93. The first-order valence-electron chi connectivity index (χ1n) is 5.87. The smallest absolute Gasteiger partial charge is 0.265 e. The van der Waals surface area contributed by atoms with E-state index in [9.17, 15) is 4.79 Å². The Hall–Kier alpha value is -2.64. The molecule has 0 radical (unpaired) electrons. The second-order valence-electron chi connectivity index (χ2n) is 3.94. The Labute approximate surface area is 111 Å². The van der Waals surface area contributed by atoms with Crippen molar-refractivity contribution >= 4 is 5.91 Å². The Kier molecular flexibility index (Phi) is 4.27. The zero-order valence-electron chi connectivity index (χ0n) is 10.2. The first kappa shape index (κ1) is 12.8. The molecule has 2 rings (SSSR count). The van der Waals surface area contributed by atoms with Crippen molar-refractivity contribution in [2.45, 2.75) is 6.04 Å². The molecule has 0 heterocycles. The van der Waals surface area contributed by atoms with Crippen LogP contribution in [0, 0.1) is 11.3 Å². The van der Waals surface area contributed by atoms with Crippen LogP contribution in [0.15, 0.2) is 60.7 Å². The lowest BCUT2D eigenvalue weighted by molar-refractivity contribution is 0.0929. The normalized spacial score (nSPS) is 11.3. The molecule has 0 saturated heterocycles. The Morgan fingerprint density at radius 1 is 1.00 bits per heavy atom. The molecule has 4 nitrogen and oxygen atoms in total. The molecule has 0 aliphatic heterocycles. The van der Waals surface area contributed by atoms with Gasteiger partial charge in [-0.3, -0.25) is 10.2 Å². The molecule has 1 unspecified atom stereocenters. The quantitative estimate of drug-likeness (QED) is 0.819. The van der Waals surface area contributed by atoms with Crippen molar-refractivity contribution in [2.24, 2.45) is 0 Å². The molecule has 0 aliphatic carbocycles. The van der Waals surface area contributed by atoms with Gasteiger partial charge in [0.2, 0.25) is 0 Å². The molecule has 0 bridgehead atoms. The van der Waals surface area contributed by atoms with Gasteiger partial charge in [0.05, 0.1) is 6.07 Å². The van der Waals surface area contributed by atoms with Gasteiger partial charge in [0.1, 0.15) is 6.04 Å². The lowest BCUT2D eigenvalue weighted by Gasteiger charge is -2.12. The molecule has 2 aromatic rings. The summed E-state index contributed by atoms with van der Waals surface area (Å²) in [4.78, 5) is 11.8. The van der Waals surface area contributed by atoms with Crippen LogP contribution in [0.2, 0.25) is 0 Å². The highest BCUT2D eigenvalue weighted by Gasteiger charge is 2.11. The molecule has 1 amide bonds. The third-order valence-corrected chi connectivity index (χ3v) is 2.63. The summed E-state index contributed by atoms with van der Waals surface area (Å²) in [6.07, 6.45) is 0. The molecule has 0 fully saturated rings. The average molecular weight is 251 g/mol. The minimum Gasteiger partial charge on any atom is -0.286 e. The van der Waals surface area contributed by atoms with E-state index >= 15 is 0 Å². The van der Waals surface area contributed by atoms with E-state index in [-0.39, 0.29) is 5.91 Å². The van der Waals surface area contributed by atoms with Crippen molar-refractivity contribution in [2.75, 3.05) is 0 Å². The van der Waals surface area contributed by atoms with Crippen molar-refractivity contribution in [1.29, 1.82) is 5.26 Å². The number of hydrogen-bond acceptors (Lipinski definition) is 3. The van der Waals surface area contributed by atoms with Crippen LogP contribution in [0.4, 0.5) is 0 Å². The number of carbonyl (C=O) groups excluding carboxylic acids is 1. The summed E-state index contributed by atoms with van der Waals surface area (Å²) in [6.45, 7) is 0. The van der Waals surface area contributed by atoms with Crippen LogP contribution in [0.25, 0.3) is 0 Å². The second-order valence-corrected chi connectivity index (χ2v) is 3.94. The summed E-state index contributed by atoms with van der Waals surface area (Å²) in [7, 11) is 0. The first-order valence-corrected chi connectivity index (χ1v) is 5.87. The molecule has 0 saturated carbocycles. The fourth-order valence-electron chi connectivity index (χ4n) is 1.64. The van der Waals surface area contributed by atoms with Gasteiger partial charge in [0, 0.05) is 5.56 Å². The van der Waals surface area contributed by atoms with Crippen LogP contribution >= 0.6 is 0 Å². The maximum atomic E-state index is 11.8. The number of nitrogens with one attached hydrogen (secondary N) is 2. The van der Waals surface area contributed by atoms with Crippen molar-refractivity contribution < 1.29 is 4.79 Å². The maximum absolute atomic E-state index is 11.8. The van der Waals surface area contributed by atoms with E-state index in [1.54, 1.807) is 24.3 Å². The van der Waals surface area contributed by atoms with Crippen molar-refractivity contribution in [3.63, 3.8) is 0 Å². The van der Waals surface area contributed by atoms with E-state index in [0.29, 0.717) is 5.56 Å². The summed E-state index contributed by atoms with van der Waals surface area (Å²) in [5.41, 5.74) is 6.61. The summed E-state index contributed by atoms with van der Waals surface area (Å²) >= 11 is 0. The third-order valence-electron chi connectivity index (χ3n) is 2.63. The summed E-state index contributed by atoms with van der Waals surface area (Å²) in [6, 6.07) is 19.6. The molecule has 2 aromatic carbocycles. The molecule has 0 aliphatic rings. The highest BCUT2D eigenvalue weighted by atomic mass is 16.2. The minimum absolute atomic E-state index is 0.267. The Balaban J connectivity index is 1.98. The van der Waals surface area contributed by atoms with E-state index < -0.39 is 6.04 Å². The van der Waals surface area contributed by atoms with Gasteiger partial charge in [-0.1, -0.05) is 48.5 Å². The minimum atomic E-state index is -0.575. The van der Waals surface area contributed by atoms with Crippen LogP contribution in [0.1, 0.15) is 22.0 Å². The number of nitriles is 1. The number of nitrogens with zero attached hydrogens (tertiary/aromatic N) is 1. The predicted octanol–water partition coefficient (Wildman–Crippen LogP) is 2.19. The number of hydrogen-bond donors (Lipinski definition) is 2. The molecule has 4 heteroatoms. The van der Waals surface area contributed by atoms with Gasteiger partial charge in [-0.25, -0.2) is 5.43 Å². The van der Waals surface area contributed by atoms with Gasteiger partial charge in [-0.15, -0.1) is 0 Å². The third kappa shape index (κ3) is 3.41. The van der Waals surface area contributed by atoms with Gasteiger partial charge in [0.25, 0.3) is 5.91 Å². The zero-order chi connectivity index (χ0) is 13.5. The summed E-state index contributed by atoms with van der Waals surface area (Å²) in [5.74, 6) is -0.267. The Morgan fingerprint density at radius 3 is 2.16 bits per heavy atom. The number of hydrazine groups is 1. The monoisotopic (exact) mass is 251 g/mol. The first-order chi connectivity index (χ1) is 9.31. The van der Waals surface area contributed by atoms with Gasteiger partial charge in [-0.05, 0) is 17.7 Å². The van der Waals surface area contributed by atoms with E-state index in [1.165, 1.54) is 0 Å². The SMILES string of the molecule is N#CC(NNC(=O)c1ccccc1)c1ccccc1. The van der Waals surface area contributed by atoms with Gasteiger partial charge in [-0.2, -0.15) is 5.26 Å².